The summed E-state index contributed by atoms with van der Waals surface area (Å²) in [5.74, 6) is -3.10. The van der Waals surface area contributed by atoms with Gasteiger partial charge >= 0.3 is 6.03 Å². The molecule has 1 aromatic carbocycles. The van der Waals surface area contributed by atoms with Gasteiger partial charge in [-0.2, -0.15) is 10.2 Å². The standard InChI is InChI=1S/C22H26F2N4O3S/c1-21(23,24)16-3-5-19(6-4-16)32(30,31)22(10-2-11-22)17-8-13-28(14-9-17)20(29)27-18-7-12-25-26-15-18/h3-7,12,15,17H,2,8-11,13-14H2,1H3,(H,25,27,29). The zero-order chi connectivity index (χ0) is 23.0. The fourth-order valence-corrected chi connectivity index (χ4v) is 7.22. The Morgan fingerprint density at radius 2 is 1.78 bits per heavy atom. The van der Waals surface area contributed by atoms with Crippen molar-refractivity contribution in [3.63, 3.8) is 0 Å². The van der Waals surface area contributed by atoms with Crippen LogP contribution in [0.3, 0.4) is 0 Å². The third-order valence-electron chi connectivity index (χ3n) is 6.77. The summed E-state index contributed by atoms with van der Waals surface area (Å²) in [6, 6.07) is 6.38. The number of alkyl halides is 2. The zero-order valence-corrected chi connectivity index (χ0v) is 18.6. The second-order valence-corrected chi connectivity index (χ2v) is 10.9. The summed E-state index contributed by atoms with van der Waals surface area (Å²) in [6.07, 6.45) is 6.03. The number of rotatable bonds is 5. The van der Waals surface area contributed by atoms with E-state index in [0.29, 0.717) is 44.5 Å². The van der Waals surface area contributed by atoms with E-state index in [0.717, 1.165) is 13.3 Å². The van der Waals surface area contributed by atoms with E-state index in [4.69, 9.17) is 0 Å². The lowest BCUT2D eigenvalue weighted by molar-refractivity contribution is 0.0174. The lowest BCUT2D eigenvalue weighted by Gasteiger charge is -2.49. The number of carbonyl (C=O) groups is 1. The molecule has 1 aliphatic heterocycles. The van der Waals surface area contributed by atoms with Crippen LogP contribution < -0.4 is 5.32 Å². The monoisotopic (exact) mass is 464 g/mol. The van der Waals surface area contributed by atoms with Gasteiger partial charge in [0.05, 0.1) is 27.7 Å². The van der Waals surface area contributed by atoms with Crippen LogP contribution in [0.15, 0.2) is 47.6 Å². The molecule has 10 heteroatoms. The molecular formula is C22H26F2N4O3S. The molecule has 4 rings (SSSR count). The maximum absolute atomic E-state index is 13.6. The predicted octanol–water partition coefficient (Wildman–Crippen LogP) is 4.23. The van der Waals surface area contributed by atoms with Crippen molar-refractivity contribution in [2.24, 2.45) is 5.92 Å². The number of benzene rings is 1. The smallest absolute Gasteiger partial charge is 0.321 e. The summed E-state index contributed by atoms with van der Waals surface area (Å²) >= 11 is 0. The van der Waals surface area contributed by atoms with E-state index in [1.165, 1.54) is 36.7 Å². The summed E-state index contributed by atoms with van der Waals surface area (Å²) in [6.45, 7) is 1.69. The SMILES string of the molecule is CC(F)(F)c1ccc(S(=O)(=O)C2(C3CCN(C(=O)Nc4ccnnc4)CC3)CCC2)cc1. The molecule has 1 aliphatic carbocycles. The topological polar surface area (TPSA) is 92.3 Å². The molecule has 1 aromatic heterocycles. The van der Waals surface area contributed by atoms with Crippen LogP contribution in [0.25, 0.3) is 0 Å². The molecule has 0 radical (unpaired) electrons. The van der Waals surface area contributed by atoms with Crippen LogP contribution >= 0.6 is 0 Å². The van der Waals surface area contributed by atoms with Gasteiger partial charge in [0.2, 0.25) is 0 Å². The maximum Gasteiger partial charge on any atom is 0.321 e. The third-order valence-corrected chi connectivity index (χ3v) is 9.47. The molecule has 2 aromatic rings. The highest BCUT2D eigenvalue weighted by Gasteiger charge is 2.55. The highest BCUT2D eigenvalue weighted by molar-refractivity contribution is 7.93. The first kappa shape index (κ1) is 22.6. The Morgan fingerprint density at radius 3 is 2.28 bits per heavy atom. The van der Waals surface area contributed by atoms with E-state index in [9.17, 15) is 22.0 Å². The Kier molecular flexibility index (Phi) is 5.91. The van der Waals surface area contributed by atoms with Crippen LogP contribution in [-0.2, 0) is 15.8 Å². The van der Waals surface area contributed by atoms with Crippen LogP contribution in [0, 0.1) is 5.92 Å². The van der Waals surface area contributed by atoms with Gasteiger partial charge in [0.25, 0.3) is 5.92 Å². The zero-order valence-electron chi connectivity index (χ0n) is 17.8. The molecule has 0 bridgehead atoms. The van der Waals surface area contributed by atoms with Gasteiger partial charge in [-0.3, -0.25) is 0 Å². The van der Waals surface area contributed by atoms with Gasteiger partial charge in [0.1, 0.15) is 0 Å². The Labute approximate surface area is 186 Å². The number of piperidine rings is 1. The van der Waals surface area contributed by atoms with Crippen LogP contribution in [0.4, 0.5) is 19.3 Å². The molecule has 0 unspecified atom stereocenters. The Bertz CT molecular complexity index is 1060. The molecule has 172 valence electrons. The van der Waals surface area contributed by atoms with Crippen LogP contribution in [-0.4, -0.2) is 47.4 Å². The lowest BCUT2D eigenvalue weighted by atomic mass is 9.71. The van der Waals surface area contributed by atoms with Crippen molar-refractivity contribution in [2.45, 2.75) is 54.6 Å². The van der Waals surface area contributed by atoms with E-state index >= 15 is 0 Å². The summed E-state index contributed by atoms with van der Waals surface area (Å²) < 4.78 is 53.3. The Balaban J connectivity index is 1.46. The fourth-order valence-electron chi connectivity index (χ4n) is 4.76. The molecule has 7 nitrogen and oxygen atoms in total. The number of anilines is 1. The number of halogens is 2. The largest absolute Gasteiger partial charge is 0.325 e. The number of nitrogens with zero attached hydrogens (tertiary/aromatic N) is 3. The van der Waals surface area contributed by atoms with Gasteiger partial charge in [0.15, 0.2) is 9.84 Å². The number of sulfone groups is 1. The molecule has 2 heterocycles. The van der Waals surface area contributed by atoms with Crippen molar-refractivity contribution < 1.29 is 22.0 Å². The van der Waals surface area contributed by atoms with E-state index in [2.05, 4.69) is 15.5 Å². The van der Waals surface area contributed by atoms with Crippen LogP contribution in [0.2, 0.25) is 0 Å². The first-order valence-corrected chi connectivity index (χ1v) is 12.2. The first-order chi connectivity index (χ1) is 15.1. The number of carbonyl (C=O) groups excluding carboxylic acids is 1. The van der Waals surface area contributed by atoms with E-state index < -0.39 is 20.5 Å². The quantitative estimate of drug-likeness (QED) is 0.715. The van der Waals surface area contributed by atoms with Crippen molar-refractivity contribution in [2.75, 3.05) is 18.4 Å². The minimum atomic E-state index is -3.69. The van der Waals surface area contributed by atoms with Crippen molar-refractivity contribution in [1.82, 2.24) is 15.1 Å². The number of hydrogen-bond donors (Lipinski definition) is 1. The highest BCUT2D eigenvalue weighted by Crippen LogP contribution is 2.51. The molecule has 2 aliphatic rings. The van der Waals surface area contributed by atoms with Gasteiger partial charge < -0.3 is 10.2 Å². The summed E-state index contributed by atoms with van der Waals surface area (Å²) in [5, 5.41) is 10.2. The summed E-state index contributed by atoms with van der Waals surface area (Å²) in [7, 11) is -3.69. The van der Waals surface area contributed by atoms with E-state index in [1.54, 1.807) is 11.0 Å². The minimum Gasteiger partial charge on any atom is -0.325 e. The Morgan fingerprint density at radius 1 is 1.12 bits per heavy atom. The number of urea groups is 1. The van der Waals surface area contributed by atoms with Crippen LogP contribution in [0.5, 0.6) is 0 Å². The van der Waals surface area contributed by atoms with Crippen molar-refractivity contribution in [1.29, 1.82) is 0 Å². The molecular weight excluding hydrogens is 438 g/mol. The molecule has 2 amide bonds. The van der Waals surface area contributed by atoms with Gasteiger partial charge in [0, 0.05) is 25.6 Å². The highest BCUT2D eigenvalue weighted by atomic mass is 32.2. The van der Waals surface area contributed by atoms with Gasteiger partial charge in [-0.05, 0) is 49.8 Å². The summed E-state index contributed by atoms with van der Waals surface area (Å²) in [4.78, 5) is 14.3. The number of aromatic nitrogens is 2. The van der Waals surface area contributed by atoms with Crippen molar-refractivity contribution in [3.8, 4) is 0 Å². The molecule has 1 N–H and O–H groups in total. The Hall–Kier alpha value is -2.62. The van der Waals surface area contributed by atoms with Crippen LogP contribution in [0.1, 0.15) is 44.6 Å². The average molecular weight is 465 g/mol. The first-order valence-electron chi connectivity index (χ1n) is 10.7. The normalized spacial score (nSPS) is 19.3. The minimum absolute atomic E-state index is 0.0832. The molecule has 0 atom stereocenters. The van der Waals surface area contributed by atoms with Gasteiger partial charge in [-0.15, -0.1) is 0 Å². The second-order valence-electron chi connectivity index (χ2n) is 8.66. The van der Waals surface area contributed by atoms with Crippen molar-refractivity contribution >= 4 is 21.6 Å². The summed E-state index contributed by atoms with van der Waals surface area (Å²) in [5.41, 5.74) is 0.342. The molecule has 2 fully saturated rings. The number of amides is 2. The number of hydrogen-bond acceptors (Lipinski definition) is 5. The number of likely N-dealkylation sites (tertiary alicyclic amines) is 1. The van der Waals surface area contributed by atoms with Gasteiger partial charge in [-0.1, -0.05) is 18.6 Å². The third kappa shape index (κ3) is 4.07. The maximum atomic E-state index is 13.6. The van der Waals surface area contributed by atoms with E-state index in [1.807, 2.05) is 0 Å². The molecule has 1 saturated carbocycles. The lowest BCUT2D eigenvalue weighted by Crippen LogP contribution is -2.55. The molecule has 32 heavy (non-hydrogen) atoms. The fraction of sp³-hybridized carbons (Fsp3) is 0.500. The van der Waals surface area contributed by atoms with E-state index in [-0.39, 0.29) is 22.4 Å². The molecule has 0 spiro atoms. The van der Waals surface area contributed by atoms with Gasteiger partial charge in [-0.25, -0.2) is 22.0 Å². The number of nitrogens with one attached hydrogen (secondary N) is 1. The second kappa shape index (κ2) is 8.38. The average Bonchev–Trinajstić information content (AvgIpc) is 2.73. The molecule has 1 saturated heterocycles. The van der Waals surface area contributed by atoms with Crippen molar-refractivity contribution in [3.05, 3.63) is 48.3 Å². The predicted molar refractivity (Wildman–Crippen MR) is 115 cm³/mol.